The van der Waals surface area contributed by atoms with Crippen LogP contribution in [0.25, 0.3) is 10.9 Å². The number of nitrogens with zero attached hydrogens (tertiary/aromatic N) is 1. The van der Waals surface area contributed by atoms with Crippen molar-refractivity contribution in [3.63, 3.8) is 0 Å². The molecule has 1 aromatic heterocycles. The fourth-order valence-corrected chi connectivity index (χ4v) is 3.69. The Kier molecular flexibility index (Phi) is 4.67. The van der Waals surface area contributed by atoms with Gasteiger partial charge in [-0.1, -0.05) is 42.5 Å². The summed E-state index contributed by atoms with van der Waals surface area (Å²) in [7, 11) is 0. The number of rotatable bonds is 5. The minimum absolute atomic E-state index is 0.00581. The van der Waals surface area contributed by atoms with Crippen LogP contribution in [0.2, 0.25) is 0 Å². The van der Waals surface area contributed by atoms with Gasteiger partial charge in [-0.05, 0) is 48.4 Å². The Morgan fingerprint density at radius 1 is 1.04 bits per heavy atom. The molecule has 0 atom stereocenters. The number of benzene rings is 2. The van der Waals surface area contributed by atoms with E-state index >= 15 is 0 Å². The summed E-state index contributed by atoms with van der Waals surface area (Å²) in [5.41, 5.74) is 5.95. The zero-order chi connectivity index (χ0) is 17.9. The molecule has 132 valence electrons. The maximum atomic E-state index is 12.9. The van der Waals surface area contributed by atoms with Crippen LogP contribution in [0.15, 0.2) is 48.5 Å². The number of aryl methyl sites for hydroxylation is 1. The molecule has 0 aliphatic heterocycles. The van der Waals surface area contributed by atoms with Gasteiger partial charge in [0.15, 0.2) is 0 Å². The molecular formula is C22H22N2O2. The second-order valence-electron chi connectivity index (χ2n) is 6.76. The maximum Gasteiger partial charge on any atom is 0.252 e. The van der Waals surface area contributed by atoms with E-state index in [1.807, 2.05) is 48.5 Å². The van der Waals surface area contributed by atoms with Crippen molar-refractivity contribution in [2.45, 2.75) is 32.3 Å². The first-order valence-corrected chi connectivity index (χ1v) is 9.13. The van der Waals surface area contributed by atoms with Gasteiger partial charge in [0.2, 0.25) is 0 Å². The number of hydrogen-bond donors (Lipinski definition) is 2. The van der Waals surface area contributed by atoms with Gasteiger partial charge in [-0.15, -0.1) is 0 Å². The smallest absolute Gasteiger partial charge is 0.252 e. The van der Waals surface area contributed by atoms with Gasteiger partial charge in [-0.25, -0.2) is 0 Å². The van der Waals surface area contributed by atoms with Gasteiger partial charge >= 0.3 is 0 Å². The third-order valence-electron chi connectivity index (χ3n) is 5.05. The number of carbonyl (C=O) groups excluding carboxylic acids is 1. The lowest BCUT2D eigenvalue weighted by atomic mass is 10.0. The Labute approximate surface area is 152 Å². The zero-order valence-electron chi connectivity index (χ0n) is 14.7. The summed E-state index contributed by atoms with van der Waals surface area (Å²) in [5, 5.41) is 13.1. The predicted octanol–water partition coefficient (Wildman–Crippen LogP) is 3.19. The summed E-state index contributed by atoms with van der Waals surface area (Å²) >= 11 is 0. The minimum Gasteiger partial charge on any atom is -0.392 e. The number of amides is 1. The lowest BCUT2D eigenvalue weighted by Crippen LogP contribution is -2.27. The van der Waals surface area contributed by atoms with E-state index in [1.54, 1.807) is 0 Å². The van der Waals surface area contributed by atoms with E-state index in [2.05, 4.69) is 5.32 Å². The SMILES string of the molecule is O=C(NCCc1ccc(CO)cc1)c1c2c(nc3ccccc13)CCC2. The summed E-state index contributed by atoms with van der Waals surface area (Å²) in [4.78, 5) is 17.7. The van der Waals surface area contributed by atoms with Crippen LogP contribution >= 0.6 is 0 Å². The third kappa shape index (κ3) is 3.20. The van der Waals surface area contributed by atoms with Crippen LogP contribution in [0.1, 0.15) is 39.2 Å². The Morgan fingerprint density at radius 3 is 2.62 bits per heavy atom. The highest BCUT2D eigenvalue weighted by atomic mass is 16.3. The van der Waals surface area contributed by atoms with E-state index in [4.69, 9.17) is 10.1 Å². The second kappa shape index (κ2) is 7.26. The number of carbonyl (C=O) groups is 1. The summed E-state index contributed by atoms with van der Waals surface area (Å²) in [6, 6.07) is 15.7. The molecule has 1 aliphatic carbocycles. The largest absolute Gasteiger partial charge is 0.392 e. The molecule has 4 rings (SSSR count). The zero-order valence-corrected chi connectivity index (χ0v) is 14.7. The van der Waals surface area contributed by atoms with Gasteiger partial charge in [0.25, 0.3) is 5.91 Å². The average Bonchev–Trinajstić information content (AvgIpc) is 3.14. The lowest BCUT2D eigenvalue weighted by molar-refractivity contribution is 0.0955. The molecule has 1 aliphatic rings. The number of nitrogens with one attached hydrogen (secondary N) is 1. The Morgan fingerprint density at radius 2 is 1.81 bits per heavy atom. The van der Waals surface area contributed by atoms with Gasteiger partial charge in [-0.2, -0.15) is 0 Å². The van der Waals surface area contributed by atoms with E-state index in [1.165, 1.54) is 0 Å². The average molecular weight is 346 g/mol. The fraction of sp³-hybridized carbons (Fsp3) is 0.273. The molecule has 0 bridgehead atoms. The summed E-state index contributed by atoms with van der Waals surface area (Å²) in [6.45, 7) is 0.639. The maximum absolute atomic E-state index is 12.9. The standard InChI is InChI=1S/C22H22N2O2/c25-14-16-10-8-15(9-11-16)12-13-23-22(26)21-17-4-1-2-6-19(17)24-20-7-3-5-18(20)21/h1-2,4,6,8-11,25H,3,5,7,12-14H2,(H,23,26). The van der Waals surface area contributed by atoms with Gasteiger partial charge in [0.05, 0.1) is 17.7 Å². The quantitative estimate of drug-likeness (QED) is 0.746. The monoisotopic (exact) mass is 346 g/mol. The van der Waals surface area contributed by atoms with Crippen LogP contribution in [-0.2, 0) is 25.9 Å². The number of fused-ring (bicyclic) bond motifs is 2. The molecule has 26 heavy (non-hydrogen) atoms. The van der Waals surface area contributed by atoms with Crippen LogP contribution in [0, 0.1) is 0 Å². The normalized spacial score (nSPS) is 13.0. The van der Waals surface area contributed by atoms with Crippen LogP contribution in [0.4, 0.5) is 0 Å². The van der Waals surface area contributed by atoms with Crippen molar-refractivity contribution in [1.29, 1.82) is 0 Å². The number of para-hydroxylation sites is 1. The summed E-state index contributed by atoms with van der Waals surface area (Å²) < 4.78 is 0. The highest BCUT2D eigenvalue weighted by Crippen LogP contribution is 2.29. The number of aliphatic hydroxyl groups excluding tert-OH is 1. The molecule has 3 aromatic rings. The second-order valence-corrected chi connectivity index (χ2v) is 6.76. The number of aliphatic hydroxyl groups is 1. The van der Waals surface area contributed by atoms with E-state index in [-0.39, 0.29) is 12.5 Å². The Balaban J connectivity index is 1.53. The molecule has 0 spiro atoms. The van der Waals surface area contributed by atoms with Crippen molar-refractivity contribution in [2.75, 3.05) is 6.54 Å². The molecular weight excluding hydrogens is 324 g/mol. The number of hydrogen-bond acceptors (Lipinski definition) is 3. The van der Waals surface area contributed by atoms with Crippen LogP contribution in [-0.4, -0.2) is 22.5 Å². The van der Waals surface area contributed by atoms with Gasteiger partial charge < -0.3 is 10.4 Å². The van der Waals surface area contributed by atoms with Crippen molar-refractivity contribution in [1.82, 2.24) is 10.3 Å². The van der Waals surface area contributed by atoms with E-state index in [9.17, 15) is 4.79 Å². The third-order valence-corrected chi connectivity index (χ3v) is 5.05. The van der Waals surface area contributed by atoms with E-state index in [0.717, 1.165) is 64.5 Å². The van der Waals surface area contributed by atoms with Crippen LogP contribution < -0.4 is 5.32 Å². The first kappa shape index (κ1) is 16.7. The molecule has 0 unspecified atom stereocenters. The molecule has 4 heteroatoms. The highest BCUT2D eigenvalue weighted by molar-refractivity contribution is 6.07. The molecule has 2 aromatic carbocycles. The predicted molar refractivity (Wildman–Crippen MR) is 102 cm³/mol. The van der Waals surface area contributed by atoms with Crippen molar-refractivity contribution >= 4 is 16.8 Å². The topological polar surface area (TPSA) is 62.2 Å². The molecule has 4 nitrogen and oxygen atoms in total. The highest BCUT2D eigenvalue weighted by Gasteiger charge is 2.23. The fourth-order valence-electron chi connectivity index (χ4n) is 3.69. The van der Waals surface area contributed by atoms with E-state index in [0.29, 0.717) is 6.54 Å². The molecule has 1 amide bonds. The molecule has 2 N–H and O–H groups in total. The first-order chi connectivity index (χ1) is 12.8. The van der Waals surface area contributed by atoms with Crippen molar-refractivity contribution in [2.24, 2.45) is 0 Å². The van der Waals surface area contributed by atoms with Gasteiger partial charge in [-0.3, -0.25) is 9.78 Å². The van der Waals surface area contributed by atoms with Crippen molar-refractivity contribution in [3.05, 3.63) is 76.5 Å². The van der Waals surface area contributed by atoms with Gasteiger partial charge in [0.1, 0.15) is 0 Å². The molecule has 0 saturated heterocycles. The molecule has 1 heterocycles. The summed E-state index contributed by atoms with van der Waals surface area (Å²) in [6.07, 6.45) is 3.72. The molecule has 0 radical (unpaired) electrons. The minimum atomic E-state index is -0.00581. The van der Waals surface area contributed by atoms with E-state index < -0.39 is 0 Å². The van der Waals surface area contributed by atoms with Crippen molar-refractivity contribution < 1.29 is 9.90 Å². The van der Waals surface area contributed by atoms with Crippen molar-refractivity contribution in [3.8, 4) is 0 Å². The Hall–Kier alpha value is -2.72. The number of aromatic nitrogens is 1. The molecule has 0 fully saturated rings. The van der Waals surface area contributed by atoms with Crippen LogP contribution in [0.3, 0.4) is 0 Å². The first-order valence-electron chi connectivity index (χ1n) is 9.13. The lowest BCUT2D eigenvalue weighted by Gasteiger charge is -2.13. The van der Waals surface area contributed by atoms with Crippen LogP contribution in [0.5, 0.6) is 0 Å². The number of pyridine rings is 1. The Bertz CT molecular complexity index is 948. The molecule has 0 saturated carbocycles. The van der Waals surface area contributed by atoms with Gasteiger partial charge in [0, 0.05) is 17.6 Å². The summed E-state index contributed by atoms with van der Waals surface area (Å²) in [5.74, 6) is -0.00581.